The van der Waals surface area contributed by atoms with E-state index in [-0.39, 0.29) is 11.5 Å². The zero-order chi connectivity index (χ0) is 18.0. The molecule has 0 aliphatic heterocycles. The smallest absolute Gasteiger partial charge is 0.264 e. The lowest BCUT2D eigenvalue weighted by atomic mass is 10.1. The highest BCUT2D eigenvalue weighted by atomic mass is 32.1. The van der Waals surface area contributed by atoms with Crippen molar-refractivity contribution in [3.05, 3.63) is 63.0 Å². The second-order valence-electron chi connectivity index (χ2n) is 6.11. The number of benzene rings is 1. The van der Waals surface area contributed by atoms with Gasteiger partial charge < -0.3 is 9.47 Å². The number of hydrogen-bond acceptors (Lipinski definition) is 4. The molecule has 0 atom stereocenters. The van der Waals surface area contributed by atoms with E-state index in [2.05, 4.69) is 11.9 Å². The molecule has 0 unspecified atom stereocenters. The van der Waals surface area contributed by atoms with Gasteiger partial charge in [-0.25, -0.2) is 4.98 Å². The molecule has 2 heterocycles. The van der Waals surface area contributed by atoms with Crippen molar-refractivity contribution in [1.29, 1.82) is 0 Å². The van der Waals surface area contributed by atoms with Crippen molar-refractivity contribution in [3.8, 4) is 0 Å². The Labute approximate surface area is 150 Å². The topological polar surface area (TPSA) is 55.2 Å². The second-order valence-corrected chi connectivity index (χ2v) is 7.11. The van der Waals surface area contributed by atoms with E-state index in [9.17, 15) is 9.59 Å². The maximum Gasteiger partial charge on any atom is 0.264 e. The molecule has 25 heavy (non-hydrogen) atoms. The van der Waals surface area contributed by atoms with Crippen LogP contribution in [0.2, 0.25) is 0 Å². The van der Waals surface area contributed by atoms with Crippen LogP contribution in [-0.4, -0.2) is 26.9 Å². The van der Waals surface area contributed by atoms with Crippen LogP contribution in [0.3, 0.4) is 0 Å². The zero-order valence-corrected chi connectivity index (χ0v) is 15.5. The number of hydrogen-bond donors (Lipinski definition) is 0. The van der Waals surface area contributed by atoms with Gasteiger partial charge in [-0.1, -0.05) is 37.3 Å². The summed E-state index contributed by atoms with van der Waals surface area (Å²) in [6.07, 6.45) is 2.38. The average Bonchev–Trinajstić information content (AvgIpc) is 2.95. The standard InChI is InChI=1S/C19H21N3O2S/c1-4-10-22(11-14-8-6-5-7-9-14)19(24)16-13(2)15-17(25-16)20-12-21(3)18(15)23/h5-9,12H,4,10-11H2,1-3H3. The maximum atomic E-state index is 13.1. The van der Waals surface area contributed by atoms with E-state index in [4.69, 9.17) is 0 Å². The van der Waals surface area contributed by atoms with E-state index in [1.807, 2.05) is 42.2 Å². The first kappa shape index (κ1) is 17.4. The number of carbonyl (C=O) groups is 1. The Balaban J connectivity index is 2.00. The molecule has 2 aromatic heterocycles. The lowest BCUT2D eigenvalue weighted by Crippen LogP contribution is -2.31. The van der Waals surface area contributed by atoms with Gasteiger partial charge in [-0.3, -0.25) is 9.59 Å². The van der Waals surface area contributed by atoms with Crippen molar-refractivity contribution in [2.45, 2.75) is 26.8 Å². The van der Waals surface area contributed by atoms with E-state index >= 15 is 0 Å². The van der Waals surface area contributed by atoms with Gasteiger partial charge in [0.15, 0.2) is 0 Å². The molecule has 0 fully saturated rings. The lowest BCUT2D eigenvalue weighted by molar-refractivity contribution is 0.0747. The molecule has 6 heteroatoms. The number of nitrogens with zero attached hydrogens (tertiary/aromatic N) is 3. The van der Waals surface area contributed by atoms with Crippen LogP contribution >= 0.6 is 11.3 Å². The Hall–Kier alpha value is -2.47. The maximum absolute atomic E-state index is 13.1. The number of fused-ring (bicyclic) bond motifs is 1. The third-order valence-electron chi connectivity index (χ3n) is 4.20. The third-order valence-corrected chi connectivity index (χ3v) is 5.39. The van der Waals surface area contributed by atoms with E-state index < -0.39 is 0 Å². The Bertz CT molecular complexity index is 960. The Morgan fingerprint density at radius 1 is 1.28 bits per heavy atom. The lowest BCUT2D eigenvalue weighted by Gasteiger charge is -2.22. The number of aryl methyl sites for hydroxylation is 2. The van der Waals surface area contributed by atoms with Crippen molar-refractivity contribution < 1.29 is 4.79 Å². The van der Waals surface area contributed by atoms with Crippen LogP contribution in [0.4, 0.5) is 0 Å². The summed E-state index contributed by atoms with van der Waals surface area (Å²) in [6.45, 7) is 5.13. The first-order valence-corrected chi connectivity index (χ1v) is 9.12. The van der Waals surface area contributed by atoms with Gasteiger partial charge in [-0.05, 0) is 24.5 Å². The summed E-state index contributed by atoms with van der Waals surface area (Å²) in [5.74, 6) is -0.0340. The van der Waals surface area contributed by atoms with Crippen LogP contribution in [0.1, 0.15) is 34.1 Å². The molecular formula is C19H21N3O2S. The summed E-state index contributed by atoms with van der Waals surface area (Å²) >= 11 is 1.30. The fraction of sp³-hybridized carbons (Fsp3) is 0.316. The van der Waals surface area contributed by atoms with Crippen molar-refractivity contribution in [2.24, 2.45) is 7.05 Å². The van der Waals surface area contributed by atoms with E-state index in [1.165, 1.54) is 22.2 Å². The quantitative estimate of drug-likeness (QED) is 0.705. The monoisotopic (exact) mass is 355 g/mol. The largest absolute Gasteiger partial charge is 0.334 e. The average molecular weight is 355 g/mol. The Morgan fingerprint density at radius 2 is 2.00 bits per heavy atom. The fourth-order valence-electron chi connectivity index (χ4n) is 2.88. The summed E-state index contributed by atoms with van der Waals surface area (Å²) in [4.78, 5) is 32.9. The molecule has 0 saturated heterocycles. The van der Waals surface area contributed by atoms with Gasteiger partial charge in [-0.2, -0.15) is 0 Å². The van der Waals surface area contributed by atoms with E-state index in [1.54, 1.807) is 7.05 Å². The minimum absolute atomic E-state index is 0.0340. The first-order valence-electron chi connectivity index (χ1n) is 8.30. The van der Waals surface area contributed by atoms with Crippen LogP contribution in [0.5, 0.6) is 0 Å². The van der Waals surface area contributed by atoms with Gasteiger partial charge in [0.2, 0.25) is 0 Å². The SMILES string of the molecule is CCCN(Cc1ccccc1)C(=O)c1sc2ncn(C)c(=O)c2c1C. The van der Waals surface area contributed by atoms with Crippen molar-refractivity contribution in [2.75, 3.05) is 6.54 Å². The zero-order valence-electron chi connectivity index (χ0n) is 14.7. The van der Waals surface area contributed by atoms with Crippen molar-refractivity contribution in [3.63, 3.8) is 0 Å². The highest BCUT2D eigenvalue weighted by Gasteiger charge is 2.23. The molecule has 1 aromatic carbocycles. The van der Waals surface area contributed by atoms with Crippen molar-refractivity contribution >= 4 is 27.5 Å². The second kappa shape index (κ2) is 7.19. The van der Waals surface area contributed by atoms with E-state index in [0.29, 0.717) is 28.2 Å². The van der Waals surface area contributed by atoms with Gasteiger partial charge in [0, 0.05) is 20.1 Å². The minimum Gasteiger partial charge on any atom is -0.334 e. The molecule has 0 bridgehead atoms. The van der Waals surface area contributed by atoms with Gasteiger partial charge >= 0.3 is 0 Å². The number of thiophene rings is 1. The molecule has 5 nitrogen and oxygen atoms in total. The Kier molecular flexibility index (Phi) is 4.99. The van der Waals surface area contributed by atoms with Crippen molar-refractivity contribution in [1.82, 2.24) is 14.5 Å². The number of rotatable bonds is 5. The predicted octanol–water partition coefficient (Wildman–Crippen LogP) is 3.36. The minimum atomic E-state index is -0.108. The van der Waals surface area contributed by atoms with Crippen LogP contribution in [0.25, 0.3) is 10.2 Å². The fourth-order valence-corrected chi connectivity index (χ4v) is 3.99. The van der Waals surface area contributed by atoms with Gasteiger partial charge in [0.25, 0.3) is 11.5 Å². The third kappa shape index (κ3) is 3.35. The first-order chi connectivity index (χ1) is 12.0. The van der Waals surface area contributed by atoms with Gasteiger partial charge in [0.1, 0.15) is 4.83 Å². The predicted molar refractivity (Wildman–Crippen MR) is 101 cm³/mol. The van der Waals surface area contributed by atoms with E-state index in [0.717, 1.165) is 17.5 Å². The molecule has 3 rings (SSSR count). The molecule has 0 N–H and O–H groups in total. The highest BCUT2D eigenvalue weighted by Crippen LogP contribution is 2.28. The summed E-state index contributed by atoms with van der Waals surface area (Å²) in [5, 5.41) is 0.550. The normalized spacial score (nSPS) is 11.0. The summed E-state index contributed by atoms with van der Waals surface area (Å²) < 4.78 is 1.45. The molecule has 130 valence electrons. The molecule has 0 spiro atoms. The molecule has 0 radical (unpaired) electrons. The molecule has 0 aliphatic rings. The Morgan fingerprint density at radius 3 is 2.68 bits per heavy atom. The van der Waals surface area contributed by atoms with Crippen LogP contribution < -0.4 is 5.56 Å². The number of carbonyl (C=O) groups excluding carboxylic acids is 1. The number of amides is 1. The molecule has 3 aromatic rings. The van der Waals surface area contributed by atoms with Gasteiger partial charge in [-0.15, -0.1) is 11.3 Å². The summed E-state index contributed by atoms with van der Waals surface area (Å²) in [6, 6.07) is 9.95. The molecule has 0 aliphatic carbocycles. The van der Waals surface area contributed by atoms with Crippen LogP contribution in [0.15, 0.2) is 41.5 Å². The highest BCUT2D eigenvalue weighted by molar-refractivity contribution is 7.20. The van der Waals surface area contributed by atoms with Crippen LogP contribution in [0, 0.1) is 6.92 Å². The summed E-state index contributed by atoms with van der Waals surface area (Å²) in [5.41, 5.74) is 1.72. The van der Waals surface area contributed by atoms with Crippen LogP contribution in [-0.2, 0) is 13.6 Å². The van der Waals surface area contributed by atoms with Gasteiger partial charge in [0.05, 0.1) is 16.6 Å². The molecular weight excluding hydrogens is 334 g/mol. The molecule has 0 saturated carbocycles. The molecule has 1 amide bonds. The number of aromatic nitrogens is 2. The summed E-state index contributed by atoms with van der Waals surface area (Å²) in [7, 11) is 1.67.